The molecule has 3 rings (SSSR count). The van der Waals surface area contributed by atoms with Crippen molar-refractivity contribution in [3.05, 3.63) is 41.6 Å². The molecule has 0 N–H and O–H groups in total. The molecular formula is C18H23N3O3. The lowest BCUT2D eigenvalue weighted by atomic mass is 10.2. The van der Waals surface area contributed by atoms with Crippen molar-refractivity contribution in [1.29, 1.82) is 0 Å². The summed E-state index contributed by atoms with van der Waals surface area (Å²) >= 11 is 0. The fourth-order valence-electron chi connectivity index (χ4n) is 2.99. The molecule has 0 atom stereocenters. The molecule has 1 aliphatic heterocycles. The van der Waals surface area contributed by atoms with Crippen molar-refractivity contribution in [2.24, 2.45) is 0 Å². The largest absolute Gasteiger partial charge is 0.497 e. The number of hydrogen-bond donors (Lipinski definition) is 0. The van der Waals surface area contributed by atoms with Gasteiger partial charge in [0.2, 0.25) is 5.91 Å². The zero-order valence-electron chi connectivity index (χ0n) is 14.4. The average molecular weight is 329 g/mol. The summed E-state index contributed by atoms with van der Waals surface area (Å²) in [5, 5.41) is 0. The second-order valence-electron chi connectivity index (χ2n) is 5.98. The summed E-state index contributed by atoms with van der Waals surface area (Å²) in [5.41, 5.74) is 1.96. The number of aryl methyl sites for hydroxylation is 2. The van der Waals surface area contributed by atoms with Crippen LogP contribution < -0.4 is 9.64 Å². The quantitative estimate of drug-likeness (QED) is 0.860. The molecule has 2 heterocycles. The molecule has 1 aromatic carbocycles. The molecular weight excluding hydrogens is 306 g/mol. The SMILES string of the molecule is COc1ccc(N2CCN(C(=O)Cc3oc(C)nc3C)CC2)cc1. The Kier molecular flexibility index (Phi) is 4.74. The van der Waals surface area contributed by atoms with Crippen LogP contribution in [0.25, 0.3) is 0 Å². The van der Waals surface area contributed by atoms with E-state index in [4.69, 9.17) is 9.15 Å². The number of rotatable bonds is 4. The molecule has 1 amide bonds. The van der Waals surface area contributed by atoms with E-state index in [9.17, 15) is 4.79 Å². The molecule has 128 valence electrons. The second-order valence-corrected chi connectivity index (χ2v) is 5.98. The van der Waals surface area contributed by atoms with Crippen LogP contribution in [0.2, 0.25) is 0 Å². The summed E-state index contributed by atoms with van der Waals surface area (Å²) < 4.78 is 10.7. The molecule has 1 aliphatic rings. The van der Waals surface area contributed by atoms with Gasteiger partial charge in [-0.05, 0) is 31.2 Å². The van der Waals surface area contributed by atoms with Gasteiger partial charge in [-0.2, -0.15) is 0 Å². The zero-order chi connectivity index (χ0) is 17.1. The van der Waals surface area contributed by atoms with Gasteiger partial charge < -0.3 is 19.0 Å². The number of nitrogens with zero attached hydrogens (tertiary/aromatic N) is 3. The molecule has 0 radical (unpaired) electrons. The molecule has 1 saturated heterocycles. The van der Waals surface area contributed by atoms with Gasteiger partial charge in [-0.3, -0.25) is 4.79 Å². The van der Waals surface area contributed by atoms with Crippen LogP contribution in [0, 0.1) is 13.8 Å². The Morgan fingerprint density at radius 2 is 1.83 bits per heavy atom. The van der Waals surface area contributed by atoms with E-state index in [0.29, 0.717) is 11.7 Å². The van der Waals surface area contributed by atoms with Gasteiger partial charge in [0.15, 0.2) is 5.89 Å². The van der Waals surface area contributed by atoms with Crippen molar-refractivity contribution in [3.8, 4) is 5.75 Å². The van der Waals surface area contributed by atoms with Crippen molar-refractivity contribution < 1.29 is 13.9 Å². The molecule has 6 nitrogen and oxygen atoms in total. The number of carbonyl (C=O) groups excluding carboxylic acids is 1. The van der Waals surface area contributed by atoms with E-state index in [0.717, 1.165) is 43.3 Å². The molecule has 1 aromatic heterocycles. The van der Waals surface area contributed by atoms with Gasteiger partial charge in [0.05, 0.1) is 19.2 Å². The predicted octanol–water partition coefficient (Wildman–Crippen LogP) is 2.19. The number of hydrogen-bond acceptors (Lipinski definition) is 5. The van der Waals surface area contributed by atoms with Crippen LogP contribution in [0.1, 0.15) is 17.3 Å². The molecule has 0 aliphatic carbocycles. The molecule has 0 spiro atoms. The first-order valence-corrected chi connectivity index (χ1v) is 8.16. The molecule has 1 fully saturated rings. The van der Waals surface area contributed by atoms with Gasteiger partial charge in [0, 0.05) is 38.8 Å². The molecule has 0 bridgehead atoms. The van der Waals surface area contributed by atoms with Crippen LogP contribution in [0.4, 0.5) is 5.69 Å². The third-order valence-electron chi connectivity index (χ3n) is 4.38. The van der Waals surface area contributed by atoms with E-state index >= 15 is 0 Å². The van der Waals surface area contributed by atoms with Gasteiger partial charge in [-0.25, -0.2) is 4.98 Å². The van der Waals surface area contributed by atoms with Gasteiger partial charge in [0.25, 0.3) is 0 Å². The Hall–Kier alpha value is -2.50. The lowest BCUT2D eigenvalue weighted by molar-refractivity contribution is -0.131. The van der Waals surface area contributed by atoms with Crippen LogP contribution >= 0.6 is 0 Å². The molecule has 0 unspecified atom stereocenters. The van der Waals surface area contributed by atoms with Crippen LogP contribution in [-0.4, -0.2) is 49.1 Å². The fraction of sp³-hybridized carbons (Fsp3) is 0.444. The lowest BCUT2D eigenvalue weighted by Gasteiger charge is -2.36. The maximum absolute atomic E-state index is 12.5. The van der Waals surface area contributed by atoms with E-state index in [1.54, 1.807) is 14.0 Å². The lowest BCUT2D eigenvalue weighted by Crippen LogP contribution is -2.49. The first-order chi connectivity index (χ1) is 11.6. The number of ether oxygens (including phenoxy) is 1. The molecule has 0 saturated carbocycles. The minimum absolute atomic E-state index is 0.101. The maximum atomic E-state index is 12.5. The van der Waals surface area contributed by atoms with Crippen molar-refractivity contribution in [3.63, 3.8) is 0 Å². The van der Waals surface area contributed by atoms with Crippen molar-refractivity contribution in [2.75, 3.05) is 38.2 Å². The van der Waals surface area contributed by atoms with E-state index in [1.807, 2.05) is 24.0 Å². The summed E-state index contributed by atoms with van der Waals surface area (Å²) in [4.78, 5) is 20.9. The highest BCUT2D eigenvalue weighted by atomic mass is 16.5. The predicted molar refractivity (Wildman–Crippen MR) is 91.5 cm³/mol. The highest BCUT2D eigenvalue weighted by molar-refractivity contribution is 5.78. The summed E-state index contributed by atoms with van der Waals surface area (Å²) in [5.74, 6) is 2.24. The standard InChI is InChI=1S/C18H23N3O3/c1-13-17(24-14(2)19-13)12-18(22)21-10-8-20(9-11-21)15-4-6-16(23-3)7-5-15/h4-7H,8-12H2,1-3H3. The van der Waals surface area contributed by atoms with Crippen LogP contribution in [0.5, 0.6) is 5.75 Å². The highest BCUT2D eigenvalue weighted by Gasteiger charge is 2.23. The summed E-state index contributed by atoms with van der Waals surface area (Å²) in [6.07, 6.45) is 0.287. The summed E-state index contributed by atoms with van der Waals surface area (Å²) in [7, 11) is 1.66. The first kappa shape index (κ1) is 16.4. The van der Waals surface area contributed by atoms with Crippen molar-refractivity contribution in [1.82, 2.24) is 9.88 Å². The Balaban J connectivity index is 1.56. The summed E-state index contributed by atoms with van der Waals surface area (Å²) in [6, 6.07) is 8.03. The Morgan fingerprint density at radius 1 is 1.17 bits per heavy atom. The normalized spacial score (nSPS) is 14.8. The molecule has 2 aromatic rings. The van der Waals surface area contributed by atoms with Crippen LogP contribution in [0.15, 0.2) is 28.7 Å². The number of benzene rings is 1. The Bertz CT molecular complexity index is 701. The van der Waals surface area contributed by atoms with Gasteiger partial charge in [0.1, 0.15) is 11.5 Å². The fourth-order valence-corrected chi connectivity index (χ4v) is 2.99. The number of carbonyl (C=O) groups is 1. The third kappa shape index (κ3) is 3.53. The van der Waals surface area contributed by atoms with E-state index < -0.39 is 0 Å². The van der Waals surface area contributed by atoms with Crippen LogP contribution in [-0.2, 0) is 11.2 Å². The number of amides is 1. The zero-order valence-corrected chi connectivity index (χ0v) is 14.4. The molecule has 6 heteroatoms. The smallest absolute Gasteiger partial charge is 0.230 e. The number of oxazole rings is 1. The average Bonchev–Trinajstić information content (AvgIpc) is 2.92. The molecule has 24 heavy (non-hydrogen) atoms. The topological polar surface area (TPSA) is 58.8 Å². The summed E-state index contributed by atoms with van der Waals surface area (Å²) in [6.45, 7) is 6.77. The van der Waals surface area contributed by atoms with Gasteiger partial charge in [-0.1, -0.05) is 0 Å². The van der Waals surface area contributed by atoms with Gasteiger partial charge >= 0.3 is 0 Å². The Morgan fingerprint density at radius 3 is 2.38 bits per heavy atom. The van der Waals surface area contributed by atoms with Gasteiger partial charge in [-0.15, -0.1) is 0 Å². The number of aromatic nitrogens is 1. The number of methoxy groups -OCH3 is 1. The van der Waals surface area contributed by atoms with E-state index in [2.05, 4.69) is 22.0 Å². The first-order valence-electron chi connectivity index (χ1n) is 8.16. The van der Waals surface area contributed by atoms with Crippen molar-refractivity contribution in [2.45, 2.75) is 20.3 Å². The number of anilines is 1. The minimum atomic E-state index is 0.101. The third-order valence-corrected chi connectivity index (χ3v) is 4.38. The maximum Gasteiger partial charge on any atom is 0.230 e. The Labute approximate surface area is 142 Å². The monoisotopic (exact) mass is 329 g/mol. The van der Waals surface area contributed by atoms with Crippen molar-refractivity contribution >= 4 is 11.6 Å². The van der Waals surface area contributed by atoms with E-state index in [1.165, 1.54) is 0 Å². The van der Waals surface area contributed by atoms with Crippen LogP contribution in [0.3, 0.4) is 0 Å². The highest BCUT2D eigenvalue weighted by Crippen LogP contribution is 2.21. The minimum Gasteiger partial charge on any atom is -0.497 e. The van der Waals surface area contributed by atoms with E-state index in [-0.39, 0.29) is 12.3 Å². The second kappa shape index (κ2) is 6.95. The number of piperazine rings is 1.